The summed E-state index contributed by atoms with van der Waals surface area (Å²) in [5, 5.41) is 7.21. The van der Waals surface area contributed by atoms with Gasteiger partial charge in [0.1, 0.15) is 11.5 Å². The SMILES string of the molecule is CC(C)CC1(CN)CN(c2ccc(C(F)(F)F)c(-c3[nH]nc4ncccc34)n2)C1.[HH].[HH].[HH]. The van der Waals surface area contributed by atoms with Crippen molar-refractivity contribution >= 4 is 16.9 Å². The zero-order chi connectivity index (χ0) is 20.8. The molecule has 0 aromatic carbocycles. The Morgan fingerprint density at radius 1 is 1.28 bits per heavy atom. The smallest absolute Gasteiger partial charge is 0.355 e. The molecule has 3 N–H and O–H groups in total. The van der Waals surface area contributed by atoms with Crippen LogP contribution in [0, 0.1) is 11.3 Å². The predicted molar refractivity (Wildman–Crippen MR) is 112 cm³/mol. The van der Waals surface area contributed by atoms with Crippen LogP contribution < -0.4 is 10.6 Å². The Morgan fingerprint density at radius 3 is 2.69 bits per heavy atom. The summed E-state index contributed by atoms with van der Waals surface area (Å²) in [4.78, 5) is 10.5. The zero-order valence-corrected chi connectivity index (χ0v) is 16.3. The third-order valence-corrected chi connectivity index (χ3v) is 5.40. The maximum atomic E-state index is 13.7. The molecule has 1 saturated heterocycles. The molecule has 1 aliphatic heterocycles. The summed E-state index contributed by atoms with van der Waals surface area (Å²) >= 11 is 0. The van der Waals surface area contributed by atoms with Crippen molar-refractivity contribution in [3.8, 4) is 11.4 Å². The lowest BCUT2D eigenvalue weighted by Crippen LogP contribution is -2.60. The lowest BCUT2D eigenvalue weighted by Gasteiger charge is -2.51. The third kappa shape index (κ3) is 3.55. The first-order chi connectivity index (χ1) is 13.7. The van der Waals surface area contributed by atoms with Crippen LogP contribution in [0.3, 0.4) is 0 Å². The molecule has 3 aromatic heterocycles. The van der Waals surface area contributed by atoms with E-state index in [2.05, 4.69) is 34.0 Å². The van der Waals surface area contributed by atoms with Crippen molar-refractivity contribution in [2.45, 2.75) is 26.4 Å². The summed E-state index contributed by atoms with van der Waals surface area (Å²) in [6, 6.07) is 5.86. The molecule has 4 rings (SSSR count). The van der Waals surface area contributed by atoms with E-state index in [-0.39, 0.29) is 21.1 Å². The van der Waals surface area contributed by atoms with Crippen molar-refractivity contribution in [3.63, 3.8) is 0 Å². The van der Waals surface area contributed by atoms with E-state index in [1.54, 1.807) is 18.3 Å². The Hall–Kier alpha value is -2.68. The molecule has 6 nitrogen and oxygen atoms in total. The van der Waals surface area contributed by atoms with Gasteiger partial charge in [-0.3, -0.25) is 5.10 Å². The van der Waals surface area contributed by atoms with Crippen LogP contribution in [0.1, 0.15) is 30.1 Å². The topological polar surface area (TPSA) is 83.7 Å². The van der Waals surface area contributed by atoms with E-state index in [0.717, 1.165) is 12.5 Å². The van der Waals surface area contributed by atoms with Crippen molar-refractivity contribution in [1.29, 1.82) is 0 Å². The molecule has 0 radical (unpaired) electrons. The number of nitrogens with two attached hydrogens (primary N) is 1. The number of nitrogens with zero attached hydrogens (tertiary/aromatic N) is 4. The molecule has 4 heterocycles. The van der Waals surface area contributed by atoms with E-state index < -0.39 is 11.7 Å². The fourth-order valence-corrected chi connectivity index (χ4v) is 4.21. The summed E-state index contributed by atoms with van der Waals surface area (Å²) in [7, 11) is 0. The molecule has 0 amide bonds. The van der Waals surface area contributed by atoms with Crippen molar-refractivity contribution < 1.29 is 17.5 Å². The van der Waals surface area contributed by atoms with Crippen molar-refractivity contribution in [3.05, 3.63) is 36.0 Å². The number of hydrogen-bond acceptors (Lipinski definition) is 5. The average molecular weight is 410 g/mol. The lowest BCUT2D eigenvalue weighted by atomic mass is 9.73. The van der Waals surface area contributed by atoms with Crippen LogP contribution in [0.2, 0.25) is 0 Å². The summed E-state index contributed by atoms with van der Waals surface area (Å²) in [6.07, 6.45) is -2.01. The van der Waals surface area contributed by atoms with Gasteiger partial charge in [0.25, 0.3) is 0 Å². The molecule has 0 saturated carbocycles. The van der Waals surface area contributed by atoms with Crippen LogP contribution in [0.5, 0.6) is 0 Å². The van der Waals surface area contributed by atoms with E-state index in [0.29, 0.717) is 42.4 Å². The Labute approximate surface area is 170 Å². The molecular formula is C20H29F3N6. The highest BCUT2D eigenvalue weighted by atomic mass is 19.4. The van der Waals surface area contributed by atoms with E-state index in [1.807, 2.05) is 4.90 Å². The second-order valence-electron chi connectivity index (χ2n) is 8.19. The molecule has 0 bridgehead atoms. The molecule has 0 spiro atoms. The predicted octanol–water partition coefficient (Wildman–Crippen LogP) is 4.59. The van der Waals surface area contributed by atoms with E-state index in [4.69, 9.17) is 5.73 Å². The first-order valence-electron chi connectivity index (χ1n) is 9.55. The molecule has 0 atom stereocenters. The molecule has 0 aliphatic carbocycles. The largest absolute Gasteiger partial charge is 0.418 e. The van der Waals surface area contributed by atoms with E-state index in [1.165, 1.54) is 6.07 Å². The van der Waals surface area contributed by atoms with Crippen LogP contribution in [0.15, 0.2) is 30.5 Å². The average Bonchev–Trinajstić information content (AvgIpc) is 3.07. The van der Waals surface area contributed by atoms with E-state index >= 15 is 0 Å². The van der Waals surface area contributed by atoms with Crippen LogP contribution in [0.4, 0.5) is 19.0 Å². The van der Waals surface area contributed by atoms with Crippen molar-refractivity contribution in [2.24, 2.45) is 17.1 Å². The summed E-state index contributed by atoms with van der Waals surface area (Å²) in [5.74, 6) is 1.01. The number of anilines is 1. The minimum Gasteiger partial charge on any atom is -0.355 e. The maximum absolute atomic E-state index is 13.7. The summed E-state index contributed by atoms with van der Waals surface area (Å²) in [5.41, 5.74) is 5.58. The molecule has 29 heavy (non-hydrogen) atoms. The minimum atomic E-state index is -4.53. The normalized spacial score (nSPS) is 16.4. The maximum Gasteiger partial charge on any atom is 0.418 e. The van der Waals surface area contributed by atoms with Gasteiger partial charge in [-0.2, -0.15) is 18.3 Å². The van der Waals surface area contributed by atoms with Crippen LogP contribution >= 0.6 is 0 Å². The Bertz CT molecular complexity index is 1030. The van der Waals surface area contributed by atoms with Gasteiger partial charge in [0, 0.05) is 40.9 Å². The van der Waals surface area contributed by atoms with Gasteiger partial charge in [-0.05, 0) is 36.6 Å². The van der Waals surface area contributed by atoms with Crippen LogP contribution in [-0.2, 0) is 6.18 Å². The highest BCUT2D eigenvalue weighted by Gasteiger charge is 2.43. The fourth-order valence-electron chi connectivity index (χ4n) is 4.21. The zero-order valence-electron chi connectivity index (χ0n) is 16.3. The van der Waals surface area contributed by atoms with Crippen LogP contribution in [0.25, 0.3) is 22.4 Å². The number of aromatic nitrogens is 4. The Balaban J connectivity index is 0.00000171. The number of aromatic amines is 1. The molecule has 160 valence electrons. The monoisotopic (exact) mass is 410 g/mol. The fraction of sp³-hybridized carbons (Fsp3) is 0.450. The number of nitrogens with one attached hydrogen (secondary N) is 1. The van der Waals surface area contributed by atoms with E-state index in [9.17, 15) is 13.2 Å². The first kappa shape index (κ1) is 19.6. The summed E-state index contributed by atoms with van der Waals surface area (Å²) in [6.45, 7) is 6.21. The highest BCUT2D eigenvalue weighted by Crippen LogP contribution is 2.42. The second-order valence-corrected chi connectivity index (χ2v) is 8.19. The Kier molecular flexibility index (Phi) is 4.72. The molecular weight excluding hydrogens is 381 g/mol. The van der Waals surface area contributed by atoms with Gasteiger partial charge in [-0.15, -0.1) is 0 Å². The summed E-state index contributed by atoms with van der Waals surface area (Å²) < 4.78 is 41.0. The standard InChI is InChI=1S/C20H23F3N6.3H2/c1-12(2)8-19(9-24)10-29(11-19)15-6-5-14(20(21,22)23)17(26-15)16-13-4-3-7-25-18(13)28-27-16;;;/h3-7,12H,8-11,24H2,1-2H3,(H,25,27,28);3*1H. The number of hydrogen-bond donors (Lipinski definition) is 2. The van der Waals surface area contributed by atoms with Gasteiger partial charge in [-0.1, -0.05) is 13.8 Å². The highest BCUT2D eigenvalue weighted by molar-refractivity contribution is 5.90. The lowest BCUT2D eigenvalue weighted by molar-refractivity contribution is -0.137. The number of pyridine rings is 2. The van der Waals surface area contributed by atoms with Crippen molar-refractivity contribution in [2.75, 3.05) is 24.5 Å². The third-order valence-electron chi connectivity index (χ3n) is 5.40. The van der Waals surface area contributed by atoms with Gasteiger partial charge < -0.3 is 10.6 Å². The number of halogens is 3. The van der Waals surface area contributed by atoms with Crippen molar-refractivity contribution in [1.82, 2.24) is 20.2 Å². The number of H-pyrrole nitrogens is 1. The molecule has 3 aromatic rings. The molecule has 1 fully saturated rings. The number of rotatable bonds is 5. The second kappa shape index (κ2) is 6.98. The van der Waals surface area contributed by atoms with Gasteiger partial charge in [0.05, 0.1) is 11.3 Å². The van der Waals surface area contributed by atoms with Gasteiger partial charge in [-0.25, -0.2) is 9.97 Å². The van der Waals surface area contributed by atoms with Gasteiger partial charge >= 0.3 is 6.18 Å². The Morgan fingerprint density at radius 2 is 2.03 bits per heavy atom. The molecule has 0 unspecified atom stereocenters. The van der Waals surface area contributed by atoms with Gasteiger partial charge in [0.2, 0.25) is 0 Å². The van der Waals surface area contributed by atoms with Gasteiger partial charge in [0.15, 0.2) is 5.65 Å². The minimum absolute atomic E-state index is 0. The number of alkyl halides is 3. The quantitative estimate of drug-likeness (QED) is 0.643. The number of fused-ring (bicyclic) bond motifs is 1. The van der Waals surface area contributed by atoms with Crippen LogP contribution in [-0.4, -0.2) is 39.8 Å². The first-order valence-corrected chi connectivity index (χ1v) is 9.55. The molecule has 1 aliphatic rings. The molecule has 9 heteroatoms.